The summed E-state index contributed by atoms with van der Waals surface area (Å²) in [6.45, 7) is 28.9. The predicted octanol–water partition coefficient (Wildman–Crippen LogP) is 21.2. The molecule has 4 aliphatic heterocycles. The Morgan fingerprint density at radius 1 is 0.298 bits per heavy atom. The van der Waals surface area contributed by atoms with Crippen LogP contribution in [0.1, 0.15) is 116 Å². The van der Waals surface area contributed by atoms with E-state index in [0.717, 1.165) is 47.5 Å². The van der Waals surface area contributed by atoms with Crippen LogP contribution in [0.15, 0.2) is 191 Å². The van der Waals surface area contributed by atoms with Gasteiger partial charge in [-0.1, -0.05) is 235 Å². The maximum Gasteiger partial charge on any atom is 0.248 e. The Hall–Kier alpha value is -7.63. The average Bonchev–Trinajstić information content (AvgIpc) is 0.665. The summed E-state index contributed by atoms with van der Waals surface area (Å²) in [5, 5.41) is 8.37. The SMILES string of the molecule is CC(C)Cc1cc(CC(C)C)c(-c2cc3c4c(cc5c(-c6c(CC(C)C)cc(CC(C)C)cc6CC(C)C)cc6c7c(cc2c4c57)B2c4ccccc4N(c4ccccc4)c4cc(Br)cc-6c42)B2c4ccccc4N(c4ccccc4)c4cc(Br)cc-3c42)c(CC(C)C)c1. The number of halogens is 2. The number of fused-ring (bicyclic) bond motifs is 8. The van der Waals surface area contributed by atoms with Crippen LogP contribution >= 0.6 is 31.9 Å². The lowest BCUT2D eigenvalue weighted by molar-refractivity contribution is 0.626. The van der Waals surface area contributed by atoms with E-state index in [1.165, 1.54) is 177 Å². The quantitative estimate of drug-likeness (QED) is 0.0703. The highest BCUT2D eigenvalue weighted by atomic mass is 79.9. The average molecular weight is 1350 g/mol. The molecular weight excluding hydrogens is 1270 g/mol. The van der Waals surface area contributed by atoms with Crippen LogP contribution in [-0.2, 0) is 38.5 Å². The van der Waals surface area contributed by atoms with E-state index in [1.54, 1.807) is 0 Å². The van der Waals surface area contributed by atoms with Crippen molar-refractivity contribution in [1.29, 1.82) is 0 Å². The first-order valence-electron chi connectivity index (χ1n) is 35.1. The Balaban J connectivity index is 1.17. The van der Waals surface area contributed by atoms with Crippen molar-refractivity contribution in [2.45, 2.75) is 122 Å². The van der Waals surface area contributed by atoms with E-state index in [1.807, 2.05) is 0 Å². The molecule has 0 aromatic heterocycles. The van der Waals surface area contributed by atoms with E-state index in [0.29, 0.717) is 35.5 Å². The number of benzene rings is 12. The molecule has 0 saturated carbocycles. The van der Waals surface area contributed by atoms with Crippen molar-refractivity contribution in [3.05, 3.63) is 224 Å². The number of hydrogen-bond acceptors (Lipinski definition) is 2. The van der Waals surface area contributed by atoms with Crippen LogP contribution in [0.4, 0.5) is 34.1 Å². The highest BCUT2D eigenvalue weighted by Gasteiger charge is 2.46. The zero-order valence-corrected chi connectivity index (χ0v) is 60.0. The summed E-state index contributed by atoms with van der Waals surface area (Å²) in [4.78, 5) is 5.12. The van der Waals surface area contributed by atoms with E-state index < -0.39 is 0 Å². The van der Waals surface area contributed by atoms with Gasteiger partial charge in [0.1, 0.15) is 0 Å². The van der Waals surface area contributed by atoms with Gasteiger partial charge in [-0.05, 0) is 279 Å². The molecule has 0 atom stereocenters. The fourth-order valence-electron chi connectivity index (χ4n) is 17.9. The Morgan fingerprint density at radius 3 is 0.968 bits per heavy atom. The Kier molecular flexibility index (Phi) is 15.4. The molecule has 0 unspecified atom stereocenters. The Labute approximate surface area is 576 Å². The Bertz CT molecular complexity index is 4660. The monoisotopic (exact) mass is 1350 g/mol. The lowest BCUT2D eigenvalue weighted by Gasteiger charge is -2.42. The van der Waals surface area contributed by atoms with E-state index in [4.69, 9.17) is 0 Å². The van der Waals surface area contributed by atoms with Crippen molar-refractivity contribution in [3.63, 3.8) is 0 Å². The van der Waals surface area contributed by atoms with Crippen molar-refractivity contribution in [2.24, 2.45) is 35.5 Å². The predicted molar refractivity (Wildman–Crippen MR) is 417 cm³/mol. The largest absolute Gasteiger partial charge is 0.311 e. The van der Waals surface area contributed by atoms with Gasteiger partial charge >= 0.3 is 0 Å². The smallest absolute Gasteiger partial charge is 0.248 e. The fraction of sp³-hybridized carbons (Fsp3) is 0.273. The van der Waals surface area contributed by atoms with Crippen LogP contribution in [0.2, 0.25) is 0 Å². The highest BCUT2D eigenvalue weighted by molar-refractivity contribution is 9.10. The summed E-state index contributed by atoms with van der Waals surface area (Å²) in [6.07, 6.45) is 6.09. The molecule has 4 heterocycles. The molecule has 0 amide bonds. The molecule has 12 aromatic rings. The first-order valence-corrected chi connectivity index (χ1v) is 36.7. The van der Waals surface area contributed by atoms with Gasteiger partial charge in [0, 0.05) is 43.1 Å². The number of hydrogen-bond donors (Lipinski definition) is 0. The van der Waals surface area contributed by atoms with Gasteiger partial charge in [-0.15, -0.1) is 0 Å². The molecule has 2 nitrogen and oxygen atoms in total. The van der Waals surface area contributed by atoms with Crippen molar-refractivity contribution in [2.75, 3.05) is 9.80 Å². The maximum atomic E-state index is 4.27. The van der Waals surface area contributed by atoms with Crippen LogP contribution < -0.4 is 42.6 Å². The first kappa shape index (κ1) is 61.3. The minimum atomic E-state index is -0.0467. The molecule has 0 bridgehead atoms. The van der Waals surface area contributed by atoms with Crippen molar-refractivity contribution in [3.8, 4) is 44.5 Å². The van der Waals surface area contributed by atoms with Crippen LogP contribution in [0.25, 0.3) is 76.8 Å². The van der Waals surface area contributed by atoms with Gasteiger partial charge in [-0.25, -0.2) is 0 Å². The molecule has 94 heavy (non-hydrogen) atoms. The molecule has 0 saturated heterocycles. The second-order valence-electron chi connectivity index (χ2n) is 30.7. The standard InChI is InChI=1S/C88H84B2Br2N2/c1-49(2)31-55-37-57(33-51(5)6)81(58(38-55)34-52(7)8)65-45-67-71-41-61(91)43-79-87(71)90(74-28-20-22-30-78(74)93(79)63-23-15-13-16-24-63)76-48-70-66(82-59(35-53(9)10)39-56(32-50(3)4)40-60(82)36-54(11)12)46-68-72-42-62(92)44-80-88(72)89(75-47-69(65)85(83(67)76)86(70)84(68)75)73-27-19-21-29-77(73)94(80)64-25-17-14-18-26-64/h13-30,37-54H,31-36H2,1-12H3. The molecule has 0 radical (unpaired) electrons. The maximum absolute atomic E-state index is 4.27. The van der Waals surface area contributed by atoms with E-state index in [2.05, 4.69) is 307 Å². The molecule has 16 rings (SSSR count). The number of rotatable bonds is 16. The summed E-state index contributed by atoms with van der Waals surface area (Å²) < 4.78 is 2.18. The molecular formula is C88H84B2Br2N2. The van der Waals surface area contributed by atoms with Gasteiger partial charge in [0.25, 0.3) is 0 Å². The van der Waals surface area contributed by atoms with E-state index in [9.17, 15) is 0 Å². The number of anilines is 6. The molecule has 0 spiro atoms. The molecule has 12 aromatic carbocycles. The lowest BCUT2D eigenvalue weighted by atomic mass is 9.31. The summed E-state index contributed by atoms with van der Waals surface area (Å²) in [7, 11) is 0. The normalized spacial score (nSPS) is 13.5. The zero-order chi connectivity index (χ0) is 64.9. The third-order valence-corrected chi connectivity index (χ3v) is 21.7. The topological polar surface area (TPSA) is 6.48 Å². The molecule has 0 N–H and O–H groups in total. The van der Waals surface area contributed by atoms with Gasteiger partial charge in [0.2, 0.25) is 13.4 Å². The van der Waals surface area contributed by atoms with Crippen molar-refractivity contribution < 1.29 is 0 Å². The van der Waals surface area contributed by atoms with Crippen LogP contribution in [-0.4, -0.2) is 13.4 Å². The van der Waals surface area contributed by atoms with Gasteiger partial charge in [0.15, 0.2) is 0 Å². The zero-order valence-electron chi connectivity index (χ0n) is 56.8. The molecule has 0 fully saturated rings. The van der Waals surface area contributed by atoms with E-state index in [-0.39, 0.29) is 13.4 Å². The lowest BCUT2D eigenvalue weighted by Crippen LogP contribution is -2.60. The third kappa shape index (κ3) is 9.98. The number of para-hydroxylation sites is 4. The minimum Gasteiger partial charge on any atom is -0.311 e. The van der Waals surface area contributed by atoms with Crippen LogP contribution in [0.5, 0.6) is 0 Å². The van der Waals surface area contributed by atoms with Crippen molar-refractivity contribution >= 4 is 145 Å². The Morgan fingerprint density at radius 2 is 0.628 bits per heavy atom. The van der Waals surface area contributed by atoms with Gasteiger partial charge in [-0.2, -0.15) is 0 Å². The van der Waals surface area contributed by atoms with Gasteiger partial charge in [-0.3, -0.25) is 0 Å². The van der Waals surface area contributed by atoms with Gasteiger partial charge in [0.05, 0.1) is 0 Å². The summed E-state index contributed by atoms with van der Waals surface area (Å²) in [5.41, 5.74) is 35.3. The molecule has 4 aliphatic rings. The molecule has 466 valence electrons. The van der Waals surface area contributed by atoms with Crippen molar-refractivity contribution in [1.82, 2.24) is 0 Å². The minimum absolute atomic E-state index is 0.0467. The summed E-state index contributed by atoms with van der Waals surface area (Å²) in [5.74, 6) is 2.87. The summed E-state index contributed by atoms with van der Waals surface area (Å²) in [6, 6.07) is 72.4. The van der Waals surface area contributed by atoms with E-state index >= 15 is 0 Å². The first-order chi connectivity index (χ1) is 45.4. The van der Waals surface area contributed by atoms with Crippen LogP contribution in [0, 0.1) is 35.5 Å². The van der Waals surface area contributed by atoms with Crippen LogP contribution in [0.3, 0.4) is 0 Å². The molecule has 6 heteroatoms. The second kappa shape index (κ2) is 23.6. The third-order valence-electron chi connectivity index (χ3n) is 20.7. The molecule has 0 aliphatic carbocycles. The fourth-order valence-corrected chi connectivity index (χ4v) is 18.8. The number of nitrogens with zero attached hydrogens (tertiary/aromatic N) is 2. The second-order valence-corrected chi connectivity index (χ2v) is 32.6. The summed E-state index contributed by atoms with van der Waals surface area (Å²) >= 11 is 8.54. The highest BCUT2D eigenvalue weighted by Crippen LogP contribution is 2.55. The van der Waals surface area contributed by atoms with Gasteiger partial charge < -0.3 is 9.80 Å².